The molecule has 0 aliphatic heterocycles. The molecule has 0 aromatic rings. The number of Topliss-reactive ketones (excluding diaryl/α,β-unsaturated/α-hetero) is 2. The van der Waals surface area contributed by atoms with E-state index < -0.39 is 10.8 Å². The molecule has 0 aromatic heterocycles. The van der Waals surface area contributed by atoms with Gasteiger partial charge in [0.15, 0.2) is 0 Å². The first-order valence-corrected chi connectivity index (χ1v) is 6.61. The van der Waals surface area contributed by atoms with Crippen LogP contribution >= 0.6 is 0 Å². The van der Waals surface area contributed by atoms with Gasteiger partial charge in [0.2, 0.25) is 0 Å². The molecule has 0 spiro atoms. The Hall–Kier alpha value is -0.0366. The average molecular weight is 249 g/mol. The molecular weight excluding hydrogens is 230 g/mol. The Morgan fingerprint density at radius 1 is 0.857 bits per heavy atom. The Labute approximate surface area is 96.5 Å². The van der Waals surface area contributed by atoms with Gasteiger partial charge in [-0.15, -0.1) is 0 Å². The van der Waals surface area contributed by atoms with Crippen LogP contribution in [-0.4, -0.2) is 11.6 Å². The topological polar surface area (TPSA) is 34.1 Å². The van der Waals surface area contributed by atoms with Crippen molar-refractivity contribution in [3.63, 3.8) is 0 Å². The van der Waals surface area contributed by atoms with Crippen LogP contribution in [0.4, 0.5) is 0 Å². The van der Waals surface area contributed by atoms with E-state index in [0.717, 1.165) is 18.3 Å². The van der Waals surface area contributed by atoms with E-state index in [2.05, 4.69) is 0 Å². The van der Waals surface area contributed by atoms with Gasteiger partial charge in [-0.3, -0.25) is 0 Å². The van der Waals surface area contributed by atoms with Crippen molar-refractivity contribution in [2.75, 3.05) is 0 Å². The number of hydrogen-bond donors (Lipinski definition) is 0. The van der Waals surface area contributed by atoms with Gasteiger partial charge in [0, 0.05) is 0 Å². The number of rotatable bonds is 2. The summed E-state index contributed by atoms with van der Waals surface area (Å²) in [7, 11) is 0. The zero-order valence-electron chi connectivity index (χ0n) is 10.1. The van der Waals surface area contributed by atoms with E-state index in [1.54, 1.807) is 0 Å². The predicted molar refractivity (Wildman–Crippen MR) is 52.7 cm³/mol. The molecule has 0 unspecified atom stereocenters. The fourth-order valence-electron chi connectivity index (χ4n) is 1.16. The van der Waals surface area contributed by atoms with Crippen LogP contribution in [0.25, 0.3) is 0 Å². The SMILES string of the molecule is CC(C)(C)C(=O)[CH]([Zn])C(=O)C(C)(C)C. The fourth-order valence-corrected chi connectivity index (χ4v) is 3.73. The van der Waals surface area contributed by atoms with Crippen LogP contribution in [0.3, 0.4) is 0 Å². The van der Waals surface area contributed by atoms with Gasteiger partial charge in [-0.1, -0.05) is 0 Å². The Bertz CT molecular complexity index is 217. The van der Waals surface area contributed by atoms with Crippen LogP contribution in [-0.2, 0) is 27.9 Å². The molecule has 0 saturated heterocycles. The summed E-state index contributed by atoms with van der Waals surface area (Å²) < 4.78 is -0.366. The van der Waals surface area contributed by atoms with Gasteiger partial charge in [-0.2, -0.15) is 0 Å². The molecule has 0 bridgehead atoms. The van der Waals surface area contributed by atoms with Crippen molar-refractivity contribution in [1.29, 1.82) is 0 Å². The Morgan fingerprint density at radius 2 is 1.07 bits per heavy atom. The molecule has 0 fully saturated rings. The van der Waals surface area contributed by atoms with E-state index in [9.17, 15) is 9.59 Å². The minimum atomic E-state index is -0.399. The summed E-state index contributed by atoms with van der Waals surface area (Å²) in [5.74, 6) is 0.162. The van der Waals surface area contributed by atoms with Gasteiger partial charge in [0.05, 0.1) is 0 Å². The van der Waals surface area contributed by atoms with Gasteiger partial charge < -0.3 is 0 Å². The van der Waals surface area contributed by atoms with E-state index in [0.29, 0.717) is 0 Å². The van der Waals surface area contributed by atoms with Crippen LogP contribution in [0.1, 0.15) is 41.5 Å². The average Bonchev–Trinajstić information content (AvgIpc) is 1.97. The summed E-state index contributed by atoms with van der Waals surface area (Å²) in [5, 5.41) is 0. The molecule has 2 nitrogen and oxygen atoms in total. The molecule has 0 aliphatic carbocycles. The minimum absolute atomic E-state index is 0.0809. The van der Waals surface area contributed by atoms with Crippen molar-refractivity contribution in [2.24, 2.45) is 10.8 Å². The van der Waals surface area contributed by atoms with Crippen molar-refractivity contribution < 1.29 is 27.9 Å². The first-order valence-electron chi connectivity index (χ1n) is 4.89. The van der Waals surface area contributed by atoms with Crippen LogP contribution in [0.2, 0.25) is 4.51 Å². The van der Waals surface area contributed by atoms with Crippen LogP contribution in [0, 0.1) is 10.8 Å². The number of carbonyl (C=O) groups excluding carboxylic acids is 2. The molecule has 0 saturated carbocycles. The van der Waals surface area contributed by atoms with Gasteiger partial charge >= 0.3 is 96.3 Å². The van der Waals surface area contributed by atoms with Gasteiger partial charge in [-0.25, -0.2) is 0 Å². The normalized spacial score (nSPS) is 13.2. The third kappa shape index (κ3) is 3.61. The Balaban J connectivity index is 4.74. The molecule has 0 atom stereocenters. The molecule has 0 rings (SSSR count). The molecule has 77 valence electrons. The second-order valence-electron chi connectivity index (χ2n) is 5.78. The summed E-state index contributed by atoms with van der Waals surface area (Å²) in [6, 6.07) is 0. The van der Waals surface area contributed by atoms with Gasteiger partial charge in [-0.05, 0) is 0 Å². The summed E-state index contributed by atoms with van der Waals surface area (Å²) in [6.45, 7) is 11.2. The third-order valence-corrected chi connectivity index (χ3v) is 3.67. The molecule has 0 amide bonds. The Kier molecular flexibility index (Phi) is 4.21. The molecule has 14 heavy (non-hydrogen) atoms. The summed E-state index contributed by atoms with van der Waals surface area (Å²) in [6.07, 6.45) is 0. The van der Waals surface area contributed by atoms with Crippen molar-refractivity contribution in [1.82, 2.24) is 0 Å². The van der Waals surface area contributed by atoms with Crippen LogP contribution < -0.4 is 0 Å². The van der Waals surface area contributed by atoms with E-state index >= 15 is 0 Å². The second-order valence-corrected chi connectivity index (χ2v) is 7.49. The summed E-state index contributed by atoms with van der Waals surface area (Å²) in [4.78, 5) is 23.7. The zero-order valence-corrected chi connectivity index (χ0v) is 13.1. The molecule has 0 aliphatic rings. The monoisotopic (exact) mass is 247 g/mol. The molecule has 0 radical (unpaired) electrons. The first kappa shape index (κ1) is 14.0. The third-order valence-electron chi connectivity index (χ3n) is 2.11. The van der Waals surface area contributed by atoms with E-state index in [1.165, 1.54) is 0 Å². The first-order chi connectivity index (χ1) is 5.98. The summed E-state index contributed by atoms with van der Waals surface area (Å²) >= 11 is 0.728. The van der Waals surface area contributed by atoms with Gasteiger partial charge in [0.25, 0.3) is 0 Å². The van der Waals surface area contributed by atoms with Gasteiger partial charge in [0.1, 0.15) is 0 Å². The quantitative estimate of drug-likeness (QED) is 0.556. The molecular formula is C11H19O2Zn. The Morgan fingerprint density at radius 3 is 1.21 bits per heavy atom. The van der Waals surface area contributed by atoms with Crippen molar-refractivity contribution >= 4 is 11.6 Å². The molecule has 0 aromatic carbocycles. The molecule has 0 heterocycles. The maximum absolute atomic E-state index is 11.9. The number of hydrogen-bond acceptors (Lipinski definition) is 2. The number of ketones is 2. The van der Waals surface area contributed by atoms with E-state index in [4.69, 9.17) is 0 Å². The van der Waals surface area contributed by atoms with E-state index in [1.807, 2.05) is 41.5 Å². The van der Waals surface area contributed by atoms with Crippen LogP contribution in [0.5, 0.6) is 0 Å². The molecule has 3 heteroatoms. The van der Waals surface area contributed by atoms with E-state index in [-0.39, 0.29) is 16.1 Å². The van der Waals surface area contributed by atoms with Crippen molar-refractivity contribution in [2.45, 2.75) is 46.1 Å². The maximum atomic E-state index is 11.9. The second kappa shape index (κ2) is 4.22. The predicted octanol–water partition coefficient (Wildman–Crippen LogP) is 2.55. The molecule has 0 N–H and O–H groups in total. The standard InChI is InChI=1S/C11H19O2.Zn/c1-10(2,3)8(12)7-9(13)11(4,5)6;/h7H,1-6H3;. The zero-order chi connectivity index (χ0) is 11.7. The number of carbonyl (C=O) groups is 2. The fraction of sp³-hybridized carbons (Fsp3) is 0.818. The van der Waals surface area contributed by atoms with Crippen molar-refractivity contribution in [3.8, 4) is 0 Å². The summed E-state index contributed by atoms with van der Waals surface area (Å²) in [5.41, 5.74) is -0.798. The van der Waals surface area contributed by atoms with Crippen molar-refractivity contribution in [3.05, 3.63) is 0 Å². The van der Waals surface area contributed by atoms with Crippen LogP contribution in [0.15, 0.2) is 0 Å².